The van der Waals surface area contributed by atoms with Gasteiger partial charge in [-0.1, -0.05) is 12.1 Å². The van der Waals surface area contributed by atoms with Gasteiger partial charge < -0.3 is 10.6 Å². The molecule has 7 nitrogen and oxygen atoms in total. The molecule has 2 amide bonds. The van der Waals surface area contributed by atoms with Crippen LogP contribution in [0.3, 0.4) is 0 Å². The molecule has 0 fully saturated rings. The Morgan fingerprint density at radius 1 is 1.15 bits per heavy atom. The summed E-state index contributed by atoms with van der Waals surface area (Å²) in [6, 6.07) is 7.23. The molecule has 0 unspecified atom stereocenters. The number of amides is 2. The topological polar surface area (TPSA) is 85.1 Å². The minimum Gasteiger partial charge on any atom is -0.358 e. The van der Waals surface area contributed by atoms with Crippen LogP contribution < -0.4 is 16.3 Å². The van der Waals surface area contributed by atoms with E-state index in [9.17, 15) is 14.4 Å². The zero-order chi connectivity index (χ0) is 14.7. The number of carbonyl (C=O) groups excluding carboxylic acids is 2. The van der Waals surface area contributed by atoms with Crippen LogP contribution in [-0.2, 0) is 23.2 Å². The lowest BCUT2D eigenvalue weighted by Gasteiger charge is -2.05. The molecule has 7 heteroatoms. The van der Waals surface area contributed by atoms with E-state index in [2.05, 4.69) is 10.6 Å². The highest BCUT2D eigenvalue weighted by atomic mass is 16.2. The van der Waals surface area contributed by atoms with Gasteiger partial charge in [-0.2, -0.15) is 0 Å². The number of carbonyl (C=O) groups is 2. The van der Waals surface area contributed by atoms with Crippen LogP contribution in [0.25, 0.3) is 11.0 Å². The van der Waals surface area contributed by atoms with Crippen molar-refractivity contribution >= 4 is 22.8 Å². The van der Waals surface area contributed by atoms with Gasteiger partial charge in [-0.25, -0.2) is 4.79 Å². The average Bonchev–Trinajstić information content (AvgIpc) is 2.70. The van der Waals surface area contributed by atoms with Crippen molar-refractivity contribution in [1.29, 1.82) is 0 Å². The number of aryl methyl sites for hydroxylation is 1. The third-order valence-corrected chi connectivity index (χ3v) is 3.08. The Balaban J connectivity index is 2.22. The number of likely N-dealkylation sites (N-methyl/N-ethyl adjacent to an activating group) is 1. The second-order valence-corrected chi connectivity index (χ2v) is 4.37. The summed E-state index contributed by atoms with van der Waals surface area (Å²) in [7, 11) is 3.15. The minimum absolute atomic E-state index is 0.102. The van der Waals surface area contributed by atoms with E-state index >= 15 is 0 Å². The Kier molecular flexibility index (Phi) is 3.88. The number of hydrogen-bond acceptors (Lipinski definition) is 3. The number of benzene rings is 1. The highest BCUT2D eigenvalue weighted by molar-refractivity contribution is 5.85. The first-order chi connectivity index (χ1) is 9.54. The second-order valence-electron chi connectivity index (χ2n) is 4.37. The SMILES string of the molecule is CNC(=O)CNC(=O)Cn1c(=O)n(C)c2ccccc21. The van der Waals surface area contributed by atoms with Crippen molar-refractivity contribution < 1.29 is 9.59 Å². The summed E-state index contributed by atoms with van der Waals surface area (Å²) in [6.45, 7) is -0.216. The molecule has 2 aromatic rings. The number of nitrogens with one attached hydrogen (secondary N) is 2. The van der Waals surface area contributed by atoms with Crippen LogP contribution in [0.1, 0.15) is 0 Å². The lowest BCUT2D eigenvalue weighted by atomic mass is 10.3. The third-order valence-electron chi connectivity index (χ3n) is 3.08. The Morgan fingerprint density at radius 3 is 2.45 bits per heavy atom. The Hall–Kier alpha value is -2.57. The van der Waals surface area contributed by atoms with Crippen molar-refractivity contribution in [2.24, 2.45) is 7.05 Å². The molecule has 2 rings (SSSR count). The molecule has 0 spiro atoms. The molecule has 0 aliphatic rings. The summed E-state index contributed by atoms with van der Waals surface area (Å²) in [5, 5.41) is 4.87. The van der Waals surface area contributed by atoms with Crippen molar-refractivity contribution in [1.82, 2.24) is 19.8 Å². The average molecular weight is 276 g/mol. The highest BCUT2D eigenvalue weighted by Gasteiger charge is 2.13. The second kappa shape index (κ2) is 5.60. The molecule has 1 aromatic heterocycles. The van der Waals surface area contributed by atoms with Crippen LogP contribution in [0.2, 0.25) is 0 Å². The Morgan fingerprint density at radius 2 is 1.80 bits per heavy atom. The van der Waals surface area contributed by atoms with Crippen LogP contribution in [-0.4, -0.2) is 34.5 Å². The van der Waals surface area contributed by atoms with E-state index in [4.69, 9.17) is 0 Å². The molecule has 2 N–H and O–H groups in total. The molecule has 106 valence electrons. The van der Waals surface area contributed by atoms with Gasteiger partial charge in [0, 0.05) is 14.1 Å². The highest BCUT2D eigenvalue weighted by Crippen LogP contribution is 2.10. The zero-order valence-electron chi connectivity index (χ0n) is 11.3. The van der Waals surface area contributed by atoms with Crippen LogP contribution in [0.4, 0.5) is 0 Å². The first kappa shape index (κ1) is 13.9. The zero-order valence-corrected chi connectivity index (χ0v) is 11.3. The summed E-state index contributed by atoms with van der Waals surface area (Å²) in [6.07, 6.45) is 0. The normalized spacial score (nSPS) is 10.5. The summed E-state index contributed by atoms with van der Waals surface area (Å²) in [4.78, 5) is 34.9. The monoisotopic (exact) mass is 276 g/mol. The van der Waals surface area contributed by atoms with Crippen LogP contribution >= 0.6 is 0 Å². The summed E-state index contributed by atoms with van der Waals surface area (Å²) in [5.41, 5.74) is 1.19. The largest absolute Gasteiger partial charge is 0.358 e. The fourth-order valence-electron chi connectivity index (χ4n) is 1.98. The fourth-order valence-corrected chi connectivity index (χ4v) is 1.98. The maximum absolute atomic E-state index is 12.1. The minimum atomic E-state index is -0.382. The van der Waals surface area contributed by atoms with Gasteiger partial charge in [0.05, 0.1) is 17.6 Å². The van der Waals surface area contributed by atoms with E-state index < -0.39 is 0 Å². The number of hydrogen-bond donors (Lipinski definition) is 2. The molecule has 0 saturated carbocycles. The Labute approximate surface area is 115 Å². The number of imidazole rings is 1. The first-order valence-corrected chi connectivity index (χ1v) is 6.16. The predicted molar refractivity (Wildman–Crippen MR) is 74.3 cm³/mol. The summed E-state index contributed by atoms with van der Waals surface area (Å²) in [5.74, 6) is -0.671. The van der Waals surface area contributed by atoms with Crippen LogP contribution in [0.5, 0.6) is 0 Å². The van der Waals surface area contributed by atoms with E-state index in [-0.39, 0.29) is 30.6 Å². The van der Waals surface area contributed by atoms with Crippen LogP contribution in [0.15, 0.2) is 29.1 Å². The van der Waals surface area contributed by atoms with E-state index in [1.807, 2.05) is 12.1 Å². The number of para-hydroxylation sites is 2. The lowest BCUT2D eigenvalue weighted by Crippen LogP contribution is -2.38. The molecule has 20 heavy (non-hydrogen) atoms. The van der Waals surface area contributed by atoms with Gasteiger partial charge in [0.25, 0.3) is 0 Å². The van der Waals surface area contributed by atoms with Gasteiger partial charge in [-0.3, -0.25) is 18.7 Å². The van der Waals surface area contributed by atoms with Gasteiger partial charge >= 0.3 is 5.69 Å². The Bertz CT molecular complexity index is 714. The molecule has 0 atom stereocenters. The molecule has 1 heterocycles. The molecule has 0 aliphatic heterocycles. The van der Waals surface area contributed by atoms with Gasteiger partial charge in [0.1, 0.15) is 6.54 Å². The maximum atomic E-state index is 12.1. The van der Waals surface area contributed by atoms with Gasteiger partial charge in [0.15, 0.2) is 0 Å². The van der Waals surface area contributed by atoms with E-state index in [1.54, 1.807) is 19.2 Å². The first-order valence-electron chi connectivity index (χ1n) is 6.16. The van der Waals surface area contributed by atoms with Crippen molar-refractivity contribution in [3.05, 3.63) is 34.7 Å². The van der Waals surface area contributed by atoms with E-state index in [0.717, 1.165) is 5.52 Å². The van der Waals surface area contributed by atoms with Crippen molar-refractivity contribution in [2.45, 2.75) is 6.54 Å². The summed E-state index contributed by atoms with van der Waals surface area (Å²) >= 11 is 0. The number of fused-ring (bicyclic) bond motifs is 1. The van der Waals surface area contributed by atoms with Crippen molar-refractivity contribution in [3.63, 3.8) is 0 Å². The smallest absolute Gasteiger partial charge is 0.329 e. The lowest BCUT2D eigenvalue weighted by molar-refractivity contribution is -0.126. The standard InChI is InChI=1S/C13H16N4O3/c1-14-11(18)7-15-12(19)8-17-10-6-4-3-5-9(10)16(2)13(17)20/h3-6H,7-8H2,1-2H3,(H,14,18)(H,15,19). The number of rotatable bonds is 4. The number of nitrogens with zero attached hydrogens (tertiary/aromatic N) is 2. The van der Waals surface area contributed by atoms with E-state index in [0.29, 0.717) is 5.52 Å². The fraction of sp³-hybridized carbons (Fsp3) is 0.308. The molecule has 1 aromatic carbocycles. The molecule has 0 aliphatic carbocycles. The van der Waals surface area contributed by atoms with Gasteiger partial charge in [0.2, 0.25) is 11.8 Å². The van der Waals surface area contributed by atoms with Gasteiger partial charge in [-0.05, 0) is 12.1 Å². The van der Waals surface area contributed by atoms with Crippen LogP contribution in [0, 0.1) is 0 Å². The molecule has 0 saturated heterocycles. The third kappa shape index (κ3) is 2.56. The molecular weight excluding hydrogens is 260 g/mol. The van der Waals surface area contributed by atoms with E-state index in [1.165, 1.54) is 16.2 Å². The summed E-state index contributed by atoms with van der Waals surface area (Å²) < 4.78 is 2.87. The predicted octanol–water partition coefficient (Wildman–Crippen LogP) is -0.798. The van der Waals surface area contributed by atoms with Crippen molar-refractivity contribution in [2.75, 3.05) is 13.6 Å². The van der Waals surface area contributed by atoms with Gasteiger partial charge in [-0.15, -0.1) is 0 Å². The molecule has 0 bridgehead atoms. The number of aromatic nitrogens is 2. The van der Waals surface area contributed by atoms with Crippen molar-refractivity contribution in [3.8, 4) is 0 Å². The quantitative estimate of drug-likeness (QED) is 0.767. The maximum Gasteiger partial charge on any atom is 0.329 e. The molecule has 0 radical (unpaired) electrons. The molecular formula is C13H16N4O3.